The zero-order valence-electron chi connectivity index (χ0n) is 8.86. The van der Waals surface area contributed by atoms with Crippen LogP contribution in [0.1, 0.15) is 24.8 Å². The normalized spacial score (nSPS) is 20.8. The van der Waals surface area contributed by atoms with E-state index in [0.29, 0.717) is 6.42 Å². The lowest BCUT2D eigenvalue weighted by atomic mass is 10.1. The van der Waals surface area contributed by atoms with Gasteiger partial charge < -0.3 is 9.47 Å². The molecule has 0 unspecified atom stereocenters. The van der Waals surface area contributed by atoms with Crippen molar-refractivity contribution in [2.75, 3.05) is 6.79 Å². The van der Waals surface area contributed by atoms with E-state index in [1.54, 1.807) is 0 Å². The lowest BCUT2D eigenvalue weighted by Crippen LogP contribution is -1.93. The Morgan fingerprint density at radius 2 is 2.00 bits per heavy atom. The molecule has 1 saturated carbocycles. The molecule has 0 amide bonds. The highest BCUT2D eigenvalue weighted by Gasteiger charge is 2.17. The van der Waals surface area contributed by atoms with Gasteiger partial charge in [0, 0.05) is 6.42 Å². The Balaban J connectivity index is 1.93. The van der Waals surface area contributed by atoms with E-state index in [1.807, 2.05) is 24.3 Å². The van der Waals surface area contributed by atoms with Crippen LogP contribution in [0.25, 0.3) is 6.08 Å². The topological polar surface area (TPSA) is 35.5 Å². The number of rotatable bonds is 1. The summed E-state index contributed by atoms with van der Waals surface area (Å²) in [6.07, 6.45) is 4.52. The highest BCUT2D eigenvalue weighted by Crippen LogP contribution is 2.33. The summed E-state index contributed by atoms with van der Waals surface area (Å²) in [6, 6.07) is 5.75. The molecule has 3 rings (SSSR count). The zero-order chi connectivity index (χ0) is 11.0. The molecule has 3 nitrogen and oxygen atoms in total. The third kappa shape index (κ3) is 1.58. The van der Waals surface area contributed by atoms with Crippen LogP contribution in [-0.2, 0) is 4.79 Å². The summed E-state index contributed by atoms with van der Waals surface area (Å²) in [5, 5.41) is 0. The maximum Gasteiger partial charge on any atom is 0.231 e. The molecule has 0 saturated heterocycles. The van der Waals surface area contributed by atoms with Gasteiger partial charge in [-0.3, -0.25) is 4.79 Å². The second-order valence-corrected chi connectivity index (χ2v) is 4.06. The highest BCUT2D eigenvalue weighted by atomic mass is 16.7. The first-order chi connectivity index (χ1) is 7.83. The SMILES string of the molecule is O=C1CCCC1=Cc1ccc2c(c1)OCO2. The molecular formula is C13H12O3. The van der Waals surface area contributed by atoms with E-state index in [2.05, 4.69) is 0 Å². The van der Waals surface area contributed by atoms with Gasteiger partial charge in [0.05, 0.1) is 0 Å². The standard InChI is InChI=1S/C13H12O3/c14-11-3-1-2-10(11)6-9-4-5-12-13(7-9)16-8-15-12/h4-7H,1-3,8H2. The van der Waals surface area contributed by atoms with Gasteiger partial charge in [-0.1, -0.05) is 6.07 Å². The van der Waals surface area contributed by atoms with Crippen molar-refractivity contribution in [3.8, 4) is 11.5 Å². The molecule has 0 aromatic heterocycles. The zero-order valence-corrected chi connectivity index (χ0v) is 8.86. The number of Topliss-reactive ketones (excluding diaryl/α,β-unsaturated/α-hetero) is 1. The molecule has 1 aromatic carbocycles. The van der Waals surface area contributed by atoms with Crippen molar-refractivity contribution in [3.63, 3.8) is 0 Å². The van der Waals surface area contributed by atoms with Crippen LogP contribution in [0.2, 0.25) is 0 Å². The van der Waals surface area contributed by atoms with E-state index < -0.39 is 0 Å². The second kappa shape index (κ2) is 3.67. The molecule has 3 heteroatoms. The largest absolute Gasteiger partial charge is 0.454 e. The van der Waals surface area contributed by atoms with Crippen molar-refractivity contribution in [1.29, 1.82) is 0 Å². The molecule has 0 N–H and O–H groups in total. The molecule has 0 atom stereocenters. The summed E-state index contributed by atoms with van der Waals surface area (Å²) >= 11 is 0. The molecule has 1 heterocycles. The van der Waals surface area contributed by atoms with Gasteiger partial charge in [0.2, 0.25) is 6.79 Å². The number of benzene rings is 1. The first-order valence-corrected chi connectivity index (χ1v) is 5.46. The predicted molar refractivity (Wildman–Crippen MR) is 59.4 cm³/mol. The van der Waals surface area contributed by atoms with Crippen molar-refractivity contribution in [1.82, 2.24) is 0 Å². The van der Waals surface area contributed by atoms with E-state index in [9.17, 15) is 4.79 Å². The molecule has 82 valence electrons. The van der Waals surface area contributed by atoms with Gasteiger partial charge >= 0.3 is 0 Å². The summed E-state index contributed by atoms with van der Waals surface area (Å²) < 4.78 is 10.5. The van der Waals surface area contributed by atoms with E-state index in [0.717, 1.165) is 35.5 Å². The molecule has 2 aliphatic rings. The molecule has 16 heavy (non-hydrogen) atoms. The average molecular weight is 216 g/mol. The van der Waals surface area contributed by atoms with Gasteiger partial charge in [0.15, 0.2) is 17.3 Å². The number of carbonyl (C=O) groups excluding carboxylic acids is 1. The van der Waals surface area contributed by atoms with Crippen LogP contribution < -0.4 is 9.47 Å². The van der Waals surface area contributed by atoms with Gasteiger partial charge in [-0.05, 0) is 42.2 Å². The van der Waals surface area contributed by atoms with Crippen LogP contribution in [0.5, 0.6) is 11.5 Å². The highest BCUT2D eigenvalue weighted by molar-refractivity contribution is 6.01. The Morgan fingerprint density at radius 3 is 2.81 bits per heavy atom. The van der Waals surface area contributed by atoms with Gasteiger partial charge in [-0.25, -0.2) is 0 Å². The molecule has 1 fully saturated rings. The first-order valence-electron chi connectivity index (χ1n) is 5.46. The molecule has 0 spiro atoms. The fourth-order valence-corrected chi connectivity index (χ4v) is 2.10. The fourth-order valence-electron chi connectivity index (χ4n) is 2.10. The number of hydrogen-bond donors (Lipinski definition) is 0. The fraction of sp³-hybridized carbons (Fsp3) is 0.308. The quantitative estimate of drug-likeness (QED) is 0.677. The van der Waals surface area contributed by atoms with Gasteiger partial charge in [0.25, 0.3) is 0 Å². The van der Waals surface area contributed by atoms with Crippen LogP contribution in [-0.4, -0.2) is 12.6 Å². The molecule has 1 aliphatic heterocycles. The predicted octanol–water partition coefficient (Wildman–Crippen LogP) is 2.55. The van der Waals surface area contributed by atoms with Crippen molar-refractivity contribution in [3.05, 3.63) is 29.3 Å². The lowest BCUT2D eigenvalue weighted by Gasteiger charge is -1.99. The van der Waals surface area contributed by atoms with Crippen molar-refractivity contribution < 1.29 is 14.3 Å². The van der Waals surface area contributed by atoms with Crippen molar-refractivity contribution in [2.45, 2.75) is 19.3 Å². The van der Waals surface area contributed by atoms with Gasteiger partial charge in [0.1, 0.15) is 0 Å². The smallest absolute Gasteiger partial charge is 0.231 e. The Kier molecular flexibility index (Phi) is 2.17. The Morgan fingerprint density at radius 1 is 1.12 bits per heavy atom. The van der Waals surface area contributed by atoms with Gasteiger partial charge in [-0.2, -0.15) is 0 Å². The molecule has 1 aliphatic carbocycles. The number of carbonyl (C=O) groups is 1. The molecule has 1 aromatic rings. The Labute approximate surface area is 93.7 Å². The maximum absolute atomic E-state index is 11.5. The summed E-state index contributed by atoms with van der Waals surface area (Å²) in [5.74, 6) is 1.82. The number of fused-ring (bicyclic) bond motifs is 1. The van der Waals surface area contributed by atoms with Crippen molar-refractivity contribution >= 4 is 11.9 Å². The third-order valence-corrected chi connectivity index (χ3v) is 2.95. The second-order valence-electron chi connectivity index (χ2n) is 4.06. The van der Waals surface area contributed by atoms with E-state index in [1.165, 1.54) is 0 Å². The molecule has 0 bridgehead atoms. The van der Waals surface area contributed by atoms with Crippen LogP contribution in [0.3, 0.4) is 0 Å². The summed E-state index contributed by atoms with van der Waals surface area (Å²) in [7, 11) is 0. The number of ether oxygens (including phenoxy) is 2. The third-order valence-electron chi connectivity index (χ3n) is 2.95. The summed E-state index contributed by atoms with van der Waals surface area (Å²) in [6.45, 7) is 0.286. The number of hydrogen-bond acceptors (Lipinski definition) is 3. The molecular weight excluding hydrogens is 204 g/mol. The summed E-state index contributed by atoms with van der Waals surface area (Å²) in [5.41, 5.74) is 1.94. The van der Waals surface area contributed by atoms with Gasteiger partial charge in [-0.15, -0.1) is 0 Å². The van der Waals surface area contributed by atoms with Crippen LogP contribution in [0.4, 0.5) is 0 Å². The van der Waals surface area contributed by atoms with E-state index in [4.69, 9.17) is 9.47 Å². The maximum atomic E-state index is 11.5. The first kappa shape index (κ1) is 9.46. The molecule has 0 radical (unpaired) electrons. The monoisotopic (exact) mass is 216 g/mol. The summed E-state index contributed by atoms with van der Waals surface area (Å²) in [4.78, 5) is 11.5. The minimum atomic E-state index is 0.276. The number of ketones is 1. The lowest BCUT2D eigenvalue weighted by molar-refractivity contribution is -0.114. The Bertz CT molecular complexity index is 474. The van der Waals surface area contributed by atoms with Crippen LogP contribution in [0.15, 0.2) is 23.8 Å². The average Bonchev–Trinajstić information content (AvgIpc) is 2.88. The van der Waals surface area contributed by atoms with Crippen LogP contribution in [0, 0.1) is 0 Å². The minimum absolute atomic E-state index is 0.276. The van der Waals surface area contributed by atoms with E-state index >= 15 is 0 Å². The van der Waals surface area contributed by atoms with Crippen molar-refractivity contribution in [2.24, 2.45) is 0 Å². The van der Waals surface area contributed by atoms with Crippen LogP contribution >= 0.6 is 0 Å². The van der Waals surface area contributed by atoms with E-state index in [-0.39, 0.29) is 12.6 Å². The Hall–Kier alpha value is -1.77. The minimum Gasteiger partial charge on any atom is -0.454 e. The number of allylic oxidation sites excluding steroid dienone is 1.